The summed E-state index contributed by atoms with van der Waals surface area (Å²) >= 11 is 5.82. The predicted molar refractivity (Wildman–Crippen MR) is 58.8 cm³/mol. The Morgan fingerprint density at radius 2 is 2.31 bits per heavy atom. The van der Waals surface area contributed by atoms with E-state index >= 15 is 0 Å². The molecule has 3 heteroatoms. The lowest BCUT2D eigenvalue weighted by Crippen LogP contribution is -1.97. The minimum atomic E-state index is 0.760. The van der Waals surface area contributed by atoms with Gasteiger partial charge in [-0.3, -0.25) is 4.99 Å². The van der Waals surface area contributed by atoms with E-state index in [0.29, 0.717) is 0 Å². The first-order chi connectivity index (χ1) is 6.24. The number of nitrogens with one attached hydrogen (secondary N) is 1. The highest BCUT2D eigenvalue weighted by molar-refractivity contribution is 6.30. The third kappa shape index (κ3) is 3.07. The monoisotopic (exact) mass is 196 g/mol. The number of nitrogens with zero attached hydrogens (tertiary/aromatic N) is 1. The van der Waals surface area contributed by atoms with Crippen molar-refractivity contribution >= 4 is 23.6 Å². The molecule has 70 valence electrons. The molecule has 0 saturated carbocycles. The van der Waals surface area contributed by atoms with Gasteiger partial charge < -0.3 is 5.32 Å². The normalized spacial score (nSPS) is 10.7. The fraction of sp³-hybridized carbons (Fsp3) is 0.300. The minimum absolute atomic E-state index is 0.760. The van der Waals surface area contributed by atoms with Crippen LogP contribution in [-0.2, 0) is 0 Å². The van der Waals surface area contributed by atoms with E-state index in [0.717, 1.165) is 22.8 Å². The van der Waals surface area contributed by atoms with Crippen LogP contribution in [0.25, 0.3) is 0 Å². The van der Waals surface area contributed by atoms with Crippen LogP contribution in [-0.4, -0.2) is 12.9 Å². The zero-order chi connectivity index (χ0) is 9.68. The lowest BCUT2D eigenvalue weighted by atomic mass is 10.2. The third-order valence-electron chi connectivity index (χ3n) is 1.68. The molecule has 1 rings (SSSR count). The number of halogens is 1. The molecular formula is C10H13ClN2. The molecule has 0 aliphatic rings. The van der Waals surface area contributed by atoms with Gasteiger partial charge in [0.1, 0.15) is 0 Å². The van der Waals surface area contributed by atoms with Crippen LogP contribution in [0.2, 0.25) is 5.02 Å². The minimum Gasteiger partial charge on any atom is -0.347 e. The molecule has 0 spiro atoms. The van der Waals surface area contributed by atoms with Gasteiger partial charge in [-0.1, -0.05) is 11.6 Å². The molecule has 1 N–H and O–H groups in total. The van der Waals surface area contributed by atoms with Gasteiger partial charge in [0.05, 0.1) is 6.34 Å². The van der Waals surface area contributed by atoms with Gasteiger partial charge in [0.15, 0.2) is 0 Å². The van der Waals surface area contributed by atoms with Gasteiger partial charge >= 0.3 is 0 Å². The van der Waals surface area contributed by atoms with Crippen molar-refractivity contribution in [3.05, 3.63) is 28.8 Å². The summed E-state index contributed by atoms with van der Waals surface area (Å²) in [6, 6.07) is 5.72. The summed E-state index contributed by atoms with van der Waals surface area (Å²) in [7, 11) is 0. The van der Waals surface area contributed by atoms with E-state index in [1.54, 1.807) is 6.34 Å². The largest absolute Gasteiger partial charge is 0.347 e. The van der Waals surface area contributed by atoms with E-state index < -0.39 is 0 Å². The number of hydrogen-bond acceptors (Lipinski definition) is 1. The Hall–Kier alpha value is -1.02. The van der Waals surface area contributed by atoms with Crippen molar-refractivity contribution in [1.29, 1.82) is 0 Å². The van der Waals surface area contributed by atoms with Crippen LogP contribution >= 0.6 is 11.6 Å². The summed E-state index contributed by atoms with van der Waals surface area (Å²) in [6.45, 7) is 4.79. The molecule has 0 aliphatic heterocycles. The SMILES string of the molecule is CCN=CNc1ccc(Cl)cc1C. The zero-order valence-electron chi connectivity index (χ0n) is 7.84. The first-order valence-corrected chi connectivity index (χ1v) is 4.63. The van der Waals surface area contributed by atoms with E-state index in [-0.39, 0.29) is 0 Å². The summed E-state index contributed by atoms with van der Waals surface area (Å²) in [6.07, 6.45) is 1.70. The number of benzene rings is 1. The van der Waals surface area contributed by atoms with Gasteiger partial charge in [0.2, 0.25) is 0 Å². The molecular weight excluding hydrogens is 184 g/mol. The fourth-order valence-electron chi connectivity index (χ4n) is 0.996. The maximum absolute atomic E-state index is 5.82. The van der Waals surface area contributed by atoms with Gasteiger partial charge in [-0.05, 0) is 37.6 Å². The Morgan fingerprint density at radius 1 is 1.54 bits per heavy atom. The Bertz CT molecular complexity index is 308. The molecule has 0 aromatic heterocycles. The standard InChI is InChI=1S/C10H13ClN2/c1-3-12-7-13-10-5-4-9(11)6-8(10)2/h4-7H,3H2,1-2H3,(H,12,13). The second kappa shape index (κ2) is 4.87. The van der Waals surface area contributed by atoms with E-state index in [9.17, 15) is 0 Å². The summed E-state index contributed by atoms with van der Waals surface area (Å²) < 4.78 is 0. The number of anilines is 1. The number of hydrogen-bond donors (Lipinski definition) is 1. The van der Waals surface area contributed by atoms with Gasteiger partial charge in [-0.2, -0.15) is 0 Å². The smallest absolute Gasteiger partial charge is 0.0867 e. The molecule has 1 aromatic rings. The summed E-state index contributed by atoms with van der Waals surface area (Å²) in [5.41, 5.74) is 2.16. The lowest BCUT2D eigenvalue weighted by Gasteiger charge is -2.04. The topological polar surface area (TPSA) is 24.4 Å². The van der Waals surface area contributed by atoms with E-state index in [2.05, 4.69) is 10.3 Å². The maximum Gasteiger partial charge on any atom is 0.0867 e. The molecule has 0 saturated heterocycles. The fourth-order valence-corrected chi connectivity index (χ4v) is 1.22. The van der Waals surface area contributed by atoms with Gasteiger partial charge in [-0.15, -0.1) is 0 Å². The Kier molecular flexibility index (Phi) is 3.77. The number of aliphatic imine (C=N–C) groups is 1. The summed E-state index contributed by atoms with van der Waals surface area (Å²) in [5.74, 6) is 0. The van der Waals surface area contributed by atoms with Crippen LogP contribution in [0.3, 0.4) is 0 Å². The van der Waals surface area contributed by atoms with Crippen LogP contribution in [0, 0.1) is 6.92 Å². The molecule has 0 bridgehead atoms. The second-order valence-corrected chi connectivity index (χ2v) is 3.17. The van der Waals surface area contributed by atoms with Crippen LogP contribution in [0.15, 0.2) is 23.2 Å². The lowest BCUT2D eigenvalue weighted by molar-refractivity contribution is 1.14. The number of aryl methyl sites for hydroxylation is 1. The highest BCUT2D eigenvalue weighted by Gasteiger charge is 1.95. The quantitative estimate of drug-likeness (QED) is 0.583. The summed E-state index contributed by atoms with van der Waals surface area (Å²) in [5, 5.41) is 3.85. The van der Waals surface area contributed by atoms with Crippen molar-refractivity contribution in [3.8, 4) is 0 Å². The highest BCUT2D eigenvalue weighted by Crippen LogP contribution is 2.18. The van der Waals surface area contributed by atoms with E-state index in [1.165, 1.54) is 0 Å². The van der Waals surface area contributed by atoms with Crippen LogP contribution in [0.1, 0.15) is 12.5 Å². The van der Waals surface area contributed by atoms with Crippen molar-refractivity contribution in [2.24, 2.45) is 4.99 Å². The van der Waals surface area contributed by atoms with Crippen LogP contribution in [0.5, 0.6) is 0 Å². The van der Waals surface area contributed by atoms with Crippen molar-refractivity contribution in [2.45, 2.75) is 13.8 Å². The zero-order valence-corrected chi connectivity index (χ0v) is 8.60. The summed E-state index contributed by atoms with van der Waals surface area (Å²) in [4.78, 5) is 4.06. The maximum atomic E-state index is 5.82. The van der Waals surface area contributed by atoms with E-state index in [1.807, 2.05) is 32.0 Å². The Morgan fingerprint density at radius 3 is 2.92 bits per heavy atom. The van der Waals surface area contributed by atoms with Crippen LogP contribution < -0.4 is 5.32 Å². The molecule has 1 aromatic carbocycles. The third-order valence-corrected chi connectivity index (χ3v) is 1.92. The highest BCUT2D eigenvalue weighted by atomic mass is 35.5. The van der Waals surface area contributed by atoms with Gasteiger partial charge in [0.25, 0.3) is 0 Å². The average molecular weight is 197 g/mol. The van der Waals surface area contributed by atoms with Crippen molar-refractivity contribution in [3.63, 3.8) is 0 Å². The average Bonchev–Trinajstić information content (AvgIpc) is 2.09. The predicted octanol–water partition coefficient (Wildman–Crippen LogP) is 3.11. The van der Waals surface area contributed by atoms with Gasteiger partial charge in [0, 0.05) is 17.3 Å². The Labute approximate surface area is 83.6 Å². The van der Waals surface area contributed by atoms with Crippen LogP contribution in [0.4, 0.5) is 5.69 Å². The van der Waals surface area contributed by atoms with Crippen molar-refractivity contribution in [1.82, 2.24) is 0 Å². The molecule has 0 aliphatic carbocycles. The molecule has 0 amide bonds. The van der Waals surface area contributed by atoms with Crippen molar-refractivity contribution < 1.29 is 0 Å². The molecule has 2 nitrogen and oxygen atoms in total. The molecule has 0 unspecified atom stereocenters. The first-order valence-electron chi connectivity index (χ1n) is 4.25. The molecule has 0 heterocycles. The first kappa shape index (κ1) is 10.1. The molecule has 0 fully saturated rings. The van der Waals surface area contributed by atoms with Crippen molar-refractivity contribution in [2.75, 3.05) is 11.9 Å². The van der Waals surface area contributed by atoms with E-state index in [4.69, 9.17) is 11.6 Å². The second-order valence-electron chi connectivity index (χ2n) is 2.73. The Balaban J connectivity index is 2.72. The number of rotatable bonds is 3. The molecule has 13 heavy (non-hydrogen) atoms. The van der Waals surface area contributed by atoms with Gasteiger partial charge in [-0.25, -0.2) is 0 Å². The molecule has 0 radical (unpaired) electrons. The molecule has 0 atom stereocenters.